The highest BCUT2D eigenvalue weighted by atomic mass is 35.5. The van der Waals surface area contributed by atoms with Crippen molar-refractivity contribution in [3.63, 3.8) is 0 Å². The molecule has 1 aromatic carbocycles. The van der Waals surface area contributed by atoms with E-state index in [4.69, 9.17) is 17.3 Å². The molecule has 0 aliphatic carbocycles. The summed E-state index contributed by atoms with van der Waals surface area (Å²) in [6, 6.07) is 7.25. The molecule has 2 atom stereocenters. The molecule has 7 heteroatoms. The summed E-state index contributed by atoms with van der Waals surface area (Å²) in [7, 11) is 0. The fraction of sp³-hybridized carbons (Fsp3) is 0.235. The van der Waals surface area contributed by atoms with E-state index in [-0.39, 0.29) is 16.8 Å². The van der Waals surface area contributed by atoms with Crippen molar-refractivity contribution in [1.82, 2.24) is 4.98 Å². The molecule has 0 saturated heterocycles. The molecule has 0 saturated carbocycles. The van der Waals surface area contributed by atoms with E-state index in [0.29, 0.717) is 17.8 Å². The van der Waals surface area contributed by atoms with Crippen LogP contribution in [0.25, 0.3) is 0 Å². The first kappa shape index (κ1) is 16.4. The van der Waals surface area contributed by atoms with Gasteiger partial charge in [-0.2, -0.15) is 0 Å². The molecule has 1 amide bonds. The van der Waals surface area contributed by atoms with Crippen molar-refractivity contribution in [1.29, 1.82) is 0 Å². The predicted molar refractivity (Wildman–Crippen MR) is 88.0 cm³/mol. The third kappa shape index (κ3) is 2.63. The minimum Gasteiger partial charge on any atom is -0.377 e. The van der Waals surface area contributed by atoms with Gasteiger partial charge in [0.15, 0.2) is 0 Å². The van der Waals surface area contributed by atoms with E-state index in [1.165, 1.54) is 18.2 Å². The molecule has 1 aliphatic heterocycles. The monoisotopic (exact) mass is 346 g/mol. The predicted octanol–water partition coefficient (Wildman–Crippen LogP) is 2.63. The number of hydrogen-bond donors (Lipinski definition) is 2. The summed E-state index contributed by atoms with van der Waals surface area (Å²) in [4.78, 5) is 27.2. The Hall–Kier alpha value is -2.47. The van der Waals surface area contributed by atoms with E-state index in [2.05, 4.69) is 10.3 Å². The fourth-order valence-corrected chi connectivity index (χ4v) is 3.13. The first-order valence-corrected chi connectivity index (χ1v) is 7.64. The van der Waals surface area contributed by atoms with Crippen molar-refractivity contribution < 1.29 is 14.0 Å². The SMILES string of the molecule is CC1(C(N)=O)CC(c2ccc(F)c(Cl)c2)Nc2ccc([C]=O)nc21. The van der Waals surface area contributed by atoms with E-state index in [0.717, 1.165) is 5.56 Å². The van der Waals surface area contributed by atoms with Crippen LogP contribution in [0.4, 0.5) is 10.1 Å². The molecule has 2 aromatic rings. The summed E-state index contributed by atoms with van der Waals surface area (Å²) in [6.45, 7) is 1.68. The van der Waals surface area contributed by atoms with Gasteiger partial charge >= 0.3 is 0 Å². The van der Waals surface area contributed by atoms with Gasteiger partial charge < -0.3 is 11.1 Å². The number of hydrogen-bond acceptors (Lipinski definition) is 4. The van der Waals surface area contributed by atoms with E-state index in [1.807, 2.05) is 0 Å². The first-order chi connectivity index (χ1) is 11.3. The lowest BCUT2D eigenvalue weighted by molar-refractivity contribution is -0.123. The Morgan fingerprint density at radius 2 is 2.21 bits per heavy atom. The zero-order chi connectivity index (χ0) is 17.5. The van der Waals surface area contributed by atoms with Gasteiger partial charge in [0, 0.05) is 0 Å². The molecular formula is C17H14ClFN3O2. The Kier molecular flexibility index (Phi) is 4.01. The molecule has 123 valence electrons. The maximum Gasteiger partial charge on any atom is 0.253 e. The largest absolute Gasteiger partial charge is 0.377 e. The van der Waals surface area contributed by atoms with E-state index in [1.54, 1.807) is 25.3 Å². The number of anilines is 1. The summed E-state index contributed by atoms with van der Waals surface area (Å²) in [5.41, 5.74) is 6.35. The number of nitrogens with zero attached hydrogens (tertiary/aromatic N) is 1. The highest BCUT2D eigenvalue weighted by Crippen LogP contribution is 2.43. The van der Waals surface area contributed by atoms with Crippen LogP contribution in [0, 0.1) is 5.82 Å². The second-order valence-corrected chi connectivity index (χ2v) is 6.37. The van der Waals surface area contributed by atoms with Crippen LogP contribution in [0.15, 0.2) is 30.3 Å². The lowest BCUT2D eigenvalue weighted by Crippen LogP contribution is -2.45. The minimum atomic E-state index is -1.08. The molecule has 2 heterocycles. The molecule has 24 heavy (non-hydrogen) atoms. The summed E-state index contributed by atoms with van der Waals surface area (Å²) in [5.74, 6) is -1.07. The molecule has 1 aliphatic rings. The lowest BCUT2D eigenvalue weighted by Gasteiger charge is -2.38. The Balaban J connectivity index is 2.09. The minimum absolute atomic E-state index is 0.00454. The van der Waals surface area contributed by atoms with Crippen LogP contribution in [0.3, 0.4) is 0 Å². The Bertz CT molecular complexity index is 843. The average Bonchev–Trinajstić information content (AvgIpc) is 2.56. The Labute approximate surface area is 143 Å². The van der Waals surface area contributed by atoms with E-state index >= 15 is 0 Å². The molecule has 1 aromatic heterocycles. The van der Waals surface area contributed by atoms with Crippen LogP contribution in [0.5, 0.6) is 0 Å². The van der Waals surface area contributed by atoms with Crippen molar-refractivity contribution in [3.8, 4) is 0 Å². The molecule has 3 N–H and O–H groups in total. The zero-order valence-electron chi connectivity index (χ0n) is 12.8. The van der Waals surface area contributed by atoms with Crippen LogP contribution in [0.2, 0.25) is 5.02 Å². The molecule has 0 bridgehead atoms. The molecule has 2 unspecified atom stereocenters. The zero-order valence-corrected chi connectivity index (χ0v) is 13.5. The average molecular weight is 347 g/mol. The van der Waals surface area contributed by atoms with Gasteiger partial charge in [-0.05, 0) is 43.2 Å². The number of nitrogens with one attached hydrogen (secondary N) is 1. The highest BCUT2D eigenvalue weighted by molar-refractivity contribution is 6.30. The maximum absolute atomic E-state index is 13.4. The van der Waals surface area contributed by atoms with Crippen LogP contribution < -0.4 is 11.1 Å². The second-order valence-electron chi connectivity index (χ2n) is 5.97. The van der Waals surface area contributed by atoms with Crippen molar-refractivity contribution in [2.24, 2.45) is 5.73 Å². The number of rotatable bonds is 3. The molecule has 5 nitrogen and oxygen atoms in total. The maximum atomic E-state index is 13.4. The van der Waals surface area contributed by atoms with E-state index in [9.17, 15) is 14.0 Å². The number of fused-ring (bicyclic) bond motifs is 1. The summed E-state index contributed by atoms with van der Waals surface area (Å²) >= 11 is 5.86. The number of pyridine rings is 1. The van der Waals surface area contributed by atoms with Crippen LogP contribution in [-0.4, -0.2) is 17.2 Å². The number of carbonyl (C=O) groups excluding carboxylic acids is 2. The van der Waals surface area contributed by atoms with Gasteiger partial charge in [0.25, 0.3) is 6.29 Å². The van der Waals surface area contributed by atoms with Gasteiger partial charge in [-0.1, -0.05) is 17.7 Å². The summed E-state index contributed by atoms with van der Waals surface area (Å²) < 4.78 is 13.4. The third-order valence-corrected chi connectivity index (χ3v) is 4.64. The molecule has 1 radical (unpaired) electrons. The fourth-order valence-electron chi connectivity index (χ4n) is 2.94. The van der Waals surface area contributed by atoms with Gasteiger partial charge in [0.2, 0.25) is 5.91 Å². The first-order valence-electron chi connectivity index (χ1n) is 7.26. The third-order valence-electron chi connectivity index (χ3n) is 4.35. The van der Waals surface area contributed by atoms with Gasteiger partial charge in [0.1, 0.15) is 11.5 Å². The Morgan fingerprint density at radius 1 is 1.46 bits per heavy atom. The normalized spacial score (nSPS) is 22.4. The number of nitrogens with two attached hydrogens (primary N) is 1. The molecule has 3 rings (SSSR count). The van der Waals surface area contributed by atoms with Gasteiger partial charge in [0.05, 0.1) is 27.9 Å². The number of carbonyl (C=O) groups is 1. The van der Waals surface area contributed by atoms with Crippen molar-refractivity contribution in [2.45, 2.75) is 24.8 Å². The van der Waals surface area contributed by atoms with Crippen LogP contribution in [-0.2, 0) is 15.0 Å². The van der Waals surface area contributed by atoms with Crippen LogP contribution >= 0.6 is 11.6 Å². The van der Waals surface area contributed by atoms with Crippen molar-refractivity contribution >= 4 is 29.5 Å². The van der Waals surface area contributed by atoms with Gasteiger partial charge in [-0.3, -0.25) is 9.59 Å². The van der Waals surface area contributed by atoms with Gasteiger partial charge in [-0.15, -0.1) is 0 Å². The summed E-state index contributed by atoms with van der Waals surface area (Å²) in [5, 5.41) is 3.24. The Morgan fingerprint density at radius 3 is 2.83 bits per heavy atom. The number of halogens is 2. The molecular weight excluding hydrogens is 333 g/mol. The lowest BCUT2D eigenvalue weighted by atomic mass is 9.74. The number of aromatic nitrogens is 1. The molecule has 0 fully saturated rings. The van der Waals surface area contributed by atoms with Crippen molar-refractivity contribution in [2.75, 3.05) is 5.32 Å². The topological polar surface area (TPSA) is 85.1 Å². The van der Waals surface area contributed by atoms with Gasteiger partial charge in [-0.25, -0.2) is 9.37 Å². The van der Waals surface area contributed by atoms with E-state index < -0.39 is 17.1 Å². The standard InChI is InChI=1S/C17H14ClFN3O2/c1-17(16(20)24)7-14(9-2-4-12(19)11(18)6-9)22-13-5-3-10(8-23)21-15(13)17/h2-6,14,22H,7H2,1H3,(H2,20,24). The number of primary amides is 1. The molecule has 0 spiro atoms. The number of amides is 1. The quantitative estimate of drug-likeness (QED) is 0.894. The highest BCUT2D eigenvalue weighted by Gasteiger charge is 2.43. The second kappa shape index (κ2) is 5.87. The number of benzene rings is 1. The summed E-state index contributed by atoms with van der Waals surface area (Å²) in [6.07, 6.45) is 2.01. The smallest absolute Gasteiger partial charge is 0.253 e. The van der Waals surface area contributed by atoms with Crippen molar-refractivity contribution in [3.05, 3.63) is 58.1 Å². The van der Waals surface area contributed by atoms with Crippen LogP contribution in [0.1, 0.15) is 36.3 Å².